The molecule has 1 unspecified atom stereocenters. The second-order valence-electron chi connectivity index (χ2n) is 5.52. The van der Waals surface area contributed by atoms with Crippen LogP contribution in [0.4, 0.5) is 0 Å². The van der Waals surface area contributed by atoms with E-state index in [4.69, 9.17) is 0 Å². The summed E-state index contributed by atoms with van der Waals surface area (Å²) in [6.07, 6.45) is 6.81. The van der Waals surface area contributed by atoms with E-state index in [0.717, 1.165) is 31.4 Å². The predicted octanol–water partition coefficient (Wildman–Crippen LogP) is 2.28. The van der Waals surface area contributed by atoms with E-state index in [1.807, 2.05) is 22.8 Å². The normalized spacial score (nSPS) is 17.5. The molecule has 21 heavy (non-hydrogen) atoms. The van der Waals surface area contributed by atoms with Gasteiger partial charge >= 0.3 is 0 Å². The lowest BCUT2D eigenvalue weighted by atomic mass is 9.90. The summed E-state index contributed by atoms with van der Waals surface area (Å²) in [5.74, 6) is 0. The average Bonchev–Trinajstić information content (AvgIpc) is 2.52. The number of hydrogen-bond donors (Lipinski definition) is 1. The van der Waals surface area contributed by atoms with Gasteiger partial charge in [-0.05, 0) is 49.1 Å². The first-order valence-electron chi connectivity index (χ1n) is 7.64. The molecule has 4 nitrogen and oxygen atoms in total. The molecule has 3 rings (SSSR count). The number of pyridine rings is 2. The summed E-state index contributed by atoms with van der Waals surface area (Å²) in [7, 11) is 0. The van der Waals surface area contributed by atoms with Gasteiger partial charge in [0, 0.05) is 30.2 Å². The molecule has 1 atom stereocenters. The van der Waals surface area contributed by atoms with Crippen molar-refractivity contribution in [2.45, 2.75) is 38.8 Å². The first-order chi connectivity index (χ1) is 10.3. The Morgan fingerprint density at radius 1 is 1.29 bits per heavy atom. The molecule has 0 bridgehead atoms. The van der Waals surface area contributed by atoms with Crippen LogP contribution in [0.3, 0.4) is 0 Å². The van der Waals surface area contributed by atoms with Gasteiger partial charge in [-0.25, -0.2) is 0 Å². The second-order valence-corrected chi connectivity index (χ2v) is 5.52. The standard InChI is InChI=1S/C17H21N3O/c1-2-19-15-4-3-5-16-14(15)6-7-17(21)20(16)12-13-8-10-18-11-9-13/h6-11,15,19H,2-5,12H2,1H3. The number of nitrogens with one attached hydrogen (secondary N) is 1. The third-order valence-electron chi connectivity index (χ3n) is 4.15. The highest BCUT2D eigenvalue weighted by atomic mass is 16.1. The Kier molecular flexibility index (Phi) is 4.15. The highest BCUT2D eigenvalue weighted by Gasteiger charge is 2.22. The van der Waals surface area contributed by atoms with Crippen LogP contribution in [0, 0.1) is 0 Å². The van der Waals surface area contributed by atoms with Crippen molar-refractivity contribution < 1.29 is 0 Å². The van der Waals surface area contributed by atoms with Gasteiger partial charge in [0.1, 0.15) is 0 Å². The third kappa shape index (κ3) is 2.90. The SMILES string of the molecule is CCNC1CCCc2c1ccc(=O)n2Cc1ccncc1. The highest BCUT2D eigenvalue weighted by Crippen LogP contribution is 2.28. The van der Waals surface area contributed by atoms with E-state index in [-0.39, 0.29) is 5.56 Å². The zero-order chi connectivity index (χ0) is 14.7. The van der Waals surface area contributed by atoms with Crippen molar-refractivity contribution in [3.8, 4) is 0 Å². The molecule has 0 radical (unpaired) electrons. The molecule has 0 amide bonds. The molecule has 110 valence electrons. The first-order valence-corrected chi connectivity index (χ1v) is 7.64. The Labute approximate surface area is 124 Å². The van der Waals surface area contributed by atoms with Crippen LogP contribution in [0.5, 0.6) is 0 Å². The Hall–Kier alpha value is -1.94. The summed E-state index contributed by atoms with van der Waals surface area (Å²) in [6.45, 7) is 3.71. The second kappa shape index (κ2) is 6.22. The topological polar surface area (TPSA) is 46.9 Å². The molecule has 2 heterocycles. The van der Waals surface area contributed by atoms with Gasteiger partial charge in [-0.3, -0.25) is 9.78 Å². The van der Waals surface area contributed by atoms with Crippen molar-refractivity contribution in [3.05, 3.63) is 63.8 Å². The summed E-state index contributed by atoms with van der Waals surface area (Å²) < 4.78 is 1.92. The number of hydrogen-bond acceptors (Lipinski definition) is 3. The van der Waals surface area contributed by atoms with Crippen LogP contribution in [0.25, 0.3) is 0 Å². The van der Waals surface area contributed by atoms with Crippen molar-refractivity contribution in [2.75, 3.05) is 6.54 Å². The minimum atomic E-state index is 0.0858. The Morgan fingerprint density at radius 2 is 2.10 bits per heavy atom. The molecule has 2 aromatic rings. The van der Waals surface area contributed by atoms with E-state index in [1.165, 1.54) is 11.3 Å². The van der Waals surface area contributed by atoms with Crippen LogP contribution in [0.2, 0.25) is 0 Å². The van der Waals surface area contributed by atoms with Gasteiger partial charge in [0.15, 0.2) is 0 Å². The number of nitrogens with zero attached hydrogens (tertiary/aromatic N) is 2. The summed E-state index contributed by atoms with van der Waals surface area (Å²) in [5.41, 5.74) is 3.68. The van der Waals surface area contributed by atoms with Gasteiger partial charge in [-0.1, -0.05) is 13.0 Å². The predicted molar refractivity (Wildman–Crippen MR) is 83.4 cm³/mol. The maximum Gasteiger partial charge on any atom is 0.251 e. The molecular weight excluding hydrogens is 262 g/mol. The minimum absolute atomic E-state index is 0.0858. The van der Waals surface area contributed by atoms with Gasteiger partial charge in [0.05, 0.1) is 6.54 Å². The van der Waals surface area contributed by atoms with Gasteiger partial charge < -0.3 is 9.88 Å². The molecule has 4 heteroatoms. The number of rotatable bonds is 4. The first kappa shape index (κ1) is 14.0. The largest absolute Gasteiger partial charge is 0.310 e. The van der Waals surface area contributed by atoms with E-state index in [1.54, 1.807) is 18.5 Å². The van der Waals surface area contributed by atoms with Crippen LogP contribution in [0.1, 0.15) is 42.6 Å². The molecule has 0 fully saturated rings. The van der Waals surface area contributed by atoms with Gasteiger partial charge in [0.2, 0.25) is 0 Å². The fraction of sp³-hybridized carbons (Fsp3) is 0.412. The summed E-state index contributed by atoms with van der Waals surface area (Å²) in [6, 6.07) is 8.03. The zero-order valence-corrected chi connectivity index (χ0v) is 12.4. The monoisotopic (exact) mass is 283 g/mol. The van der Waals surface area contributed by atoms with Crippen molar-refractivity contribution >= 4 is 0 Å². The summed E-state index contributed by atoms with van der Waals surface area (Å²) >= 11 is 0. The van der Waals surface area contributed by atoms with Crippen molar-refractivity contribution in [2.24, 2.45) is 0 Å². The highest BCUT2D eigenvalue weighted by molar-refractivity contribution is 5.28. The van der Waals surface area contributed by atoms with E-state index in [9.17, 15) is 4.79 Å². The number of aromatic nitrogens is 2. The molecular formula is C17H21N3O. The Morgan fingerprint density at radius 3 is 2.86 bits per heavy atom. The fourth-order valence-electron chi connectivity index (χ4n) is 3.16. The van der Waals surface area contributed by atoms with E-state index >= 15 is 0 Å². The Bertz CT molecular complexity index is 663. The van der Waals surface area contributed by atoms with Crippen LogP contribution >= 0.6 is 0 Å². The van der Waals surface area contributed by atoms with Crippen LogP contribution < -0.4 is 10.9 Å². The van der Waals surface area contributed by atoms with Crippen LogP contribution in [0.15, 0.2) is 41.5 Å². The fourth-order valence-corrected chi connectivity index (χ4v) is 3.16. The quantitative estimate of drug-likeness (QED) is 0.936. The molecule has 0 aromatic carbocycles. The van der Waals surface area contributed by atoms with Crippen molar-refractivity contribution in [1.82, 2.24) is 14.9 Å². The van der Waals surface area contributed by atoms with Crippen molar-refractivity contribution in [1.29, 1.82) is 0 Å². The lowest BCUT2D eigenvalue weighted by Crippen LogP contribution is -2.32. The maximum atomic E-state index is 12.3. The van der Waals surface area contributed by atoms with Gasteiger partial charge in [0.25, 0.3) is 5.56 Å². The molecule has 0 saturated heterocycles. The molecule has 1 aliphatic rings. The Balaban J connectivity index is 2.00. The molecule has 0 spiro atoms. The van der Waals surface area contributed by atoms with E-state index in [0.29, 0.717) is 12.6 Å². The minimum Gasteiger partial charge on any atom is -0.310 e. The van der Waals surface area contributed by atoms with E-state index < -0.39 is 0 Å². The molecule has 0 aliphatic heterocycles. The average molecular weight is 283 g/mol. The molecule has 1 aliphatic carbocycles. The third-order valence-corrected chi connectivity index (χ3v) is 4.15. The lowest BCUT2D eigenvalue weighted by molar-refractivity contribution is 0.453. The maximum absolute atomic E-state index is 12.3. The summed E-state index contributed by atoms with van der Waals surface area (Å²) in [4.78, 5) is 16.3. The van der Waals surface area contributed by atoms with Gasteiger partial charge in [-0.15, -0.1) is 0 Å². The van der Waals surface area contributed by atoms with Gasteiger partial charge in [-0.2, -0.15) is 0 Å². The van der Waals surface area contributed by atoms with Crippen molar-refractivity contribution in [3.63, 3.8) is 0 Å². The molecule has 0 saturated carbocycles. The number of fused-ring (bicyclic) bond motifs is 1. The lowest BCUT2D eigenvalue weighted by Gasteiger charge is -2.28. The molecule has 2 aromatic heterocycles. The van der Waals surface area contributed by atoms with E-state index in [2.05, 4.69) is 17.2 Å². The molecule has 1 N–H and O–H groups in total. The summed E-state index contributed by atoms with van der Waals surface area (Å²) in [5, 5.41) is 3.53. The zero-order valence-electron chi connectivity index (χ0n) is 12.4. The van der Waals surface area contributed by atoms with Crippen LogP contribution in [-0.4, -0.2) is 16.1 Å². The smallest absolute Gasteiger partial charge is 0.251 e. The van der Waals surface area contributed by atoms with Crippen LogP contribution in [-0.2, 0) is 13.0 Å².